The second-order valence-electron chi connectivity index (χ2n) is 5.79. The minimum absolute atomic E-state index is 0.411. The van der Waals surface area contributed by atoms with E-state index in [-0.39, 0.29) is 0 Å². The highest BCUT2D eigenvalue weighted by molar-refractivity contribution is 5.76. The first-order chi connectivity index (χ1) is 9.15. The Morgan fingerprint density at radius 2 is 1.63 bits per heavy atom. The molecule has 0 fully saturated rings. The fraction of sp³-hybridized carbons (Fsp3) is 0.333. The topological polar surface area (TPSA) is 12.0 Å². The molecule has 1 heteroatoms. The van der Waals surface area contributed by atoms with Gasteiger partial charge in [-0.2, -0.15) is 0 Å². The first-order valence-corrected chi connectivity index (χ1v) is 7.12. The molecular formula is C18H21N. The molecule has 0 radical (unpaired) electrons. The molecule has 0 spiro atoms. The molecule has 2 aromatic carbocycles. The van der Waals surface area contributed by atoms with Crippen molar-refractivity contribution in [3.8, 4) is 11.1 Å². The molecular weight excluding hydrogens is 230 g/mol. The number of hydrogen-bond acceptors (Lipinski definition) is 1. The Bertz CT molecular complexity index is 598. The summed E-state index contributed by atoms with van der Waals surface area (Å²) in [6.07, 6.45) is 1.08. The summed E-state index contributed by atoms with van der Waals surface area (Å²) < 4.78 is 0. The van der Waals surface area contributed by atoms with Gasteiger partial charge in [0.25, 0.3) is 0 Å². The second kappa shape index (κ2) is 4.82. The lowest BCUT2D eigenvalue weighted by Crippen LogP contribution is -2.26. The van der Waals surface area contributed by atoms with E-state index in [4.69, 9.17) is 0 Å². The van der Waals surface area contributed by atoms with Crippen LogP contribution in [0.25, 0.3) is 11.1 Å². The molecule has 0 aromatic heterocycles. The first kappa shape index (κ1) is 12.4. The van der Waals surface area contributed by atoms with Gasteiger partial charge in [0.05, 0.1) is 0 Å². The van der Waals surface area contributed by atoms with Crippen molar-refractivity contribution in [2.45, 2.75) is 39.3 Å². The number of fused-ring (bicyclic) bond motifs is 3. The zero-order chi connectivity index (χ0) is 13.4. The number of nitrogens with one attached hydrogen (secondary N) is 1. The van der Waals surface area contributed by atoms with Gasteiger partial charge >= 0.3 is 0 Å². The van der Waals surface area contributed by atoms with Crippen molar-refractivity contribution in [3.63, 3.8) is 0 Å². The summed E-state index contributed by atoms with van der Waals surface area (Å²) in [7, 11) is 0. The molecule has 98 valence electrons. The molecule has 1 aliphatic rings. The smallest absolute Gasteiger partial charge is 0.0294 e. The van der Waals surface area contributed by atoms with Crippen molar-refractivity contribution >= 4 is 0 Å². The van der Waals surface area contributed by atoms with Crippen LogP contribution in [0, 0.1) is 0 Å². The first-order valence-electron chi connectivity index (χ1n) is 7.12. The van der Waals surface area contributed by atoms with Crippen molar-refractivity contribution in [2.75, 3.05) is 0 Å². The maximum atomic E-state index is 3.57. The summed E-state index contributed by atoms with van der Waals surface area (Å²) in [5.41, 5.74) is 7.14. The zero-order valence-electron chi connectivity index (χ0n) is 11.9. The normalized spacial score (nSPS) is 14.3. The summed E-state index contributed by atoms with van der Waals surface area (Å²) in [6.45, 7) is 6.63. The quantitative estimate of drug-likeness (QED) is 0.731. The van der Waals surface area contributed by atoms with Crippen molar-refractivity contribution in [3.05, 3.63) is 59.2 Å². The molecule has 0 aliphatic heterocycles. The molecule has 1 N–H and O–H groups in total. The summed E-state index contributed by atoms with van der Waals surface area (Å²) in [6, 6.07) is 16.6. The van der Waals surface area contributed by atoms with Crippen LogP contribution >= 0.6 is 0 Å². The Morgan fingerprint density at radius 3 is 2.42 bits per heavy atom. The maximum absolute atomic E-state index is 3.57. The van der Waals surface area contributed by atoms with Crippen molar-refractivity contribution < 1.29 is 0 Å². The van der Waals surface area contributed by atoms with Crippen LogP contribution in [0.2, 0.25) is 0 Å². The van der Waals surface area contributed by atoms with Crippen LogP contribution in [0.3, 0.4) is 0 Å². The third-order valence-electron chi connectivity index (χ3n) is 3.90. The average Bonchev–Trinajstić information content (AvgIpc) is 2.75. The van der Waals surface area contributed by atoms with Gasteiger partial charge in [-0.05, 0) is 41.2 Å². The van der Waals surface area contributed by atoms with E-state index in [0.29, 0.717) is 12.1 Å². The monoisotopic (exact) mass is 251 g/mol. The third-order valence-corrected chi connectivity index (χ3v) is 3.90. The van der Waals surface area contributed by atoms with Gasteiger partial charge in [-0.1, -0.05) is 56.3 Å². The van der Waals surface area contributed by atoms with Crippen LogP contribution in [-0.2, 0) is 6.42 Å². The molecule has 19 heavy (non-hydrogen) atoms. The maximum Gasteiger partial charge on any atom is 0.0294 e. The average molecular weight is 251 g/mol. The molecule has 0 heterocycles. The SMILES string of the molecule is CC(C)NC(C)c1ccc2c(c1)Cc1ccccc1-2. The minimum Gasteiger partial charge on any atom is -0.308 e. The Morgan fingerprint density at radius 1 is 0.895 bits per heavy atom. The van der Waals surface area contributed by atoms with Crippen molar-refractivity contribution in [1.29, 1.82) is 0 Å². The summed E-state index contributed by atoms with van der Waals surface area (Å²) in [4.78, 5) is 0. The lowest BCUT2D eigenvalue weighted by atomic mass is 10.00. The predicted octanol–water partition coefficient (Wildman–Crippen LogP) is 4.32. The largest absolute Gasteiger partial charge is 0.308 e. The van der Waals surface area contributed by atoms with E-state index < -0.39 is 0 Å². The van der Waals surface area contributed by atoms with Crippen molar-refractivity contribution in [2.24, 2.45) is 0 Å². The Kier molecular flexibility index (Phi) is 3.16. The molecule has 0 saturated heterocycles. The molecule has 0 saturated carbocycles. The second-order valence-corrected chi connectivity index (χ2v) is 5.79. The molecule has 1 atom stereocenters. The van der Waals surface area contributed by atoms with Crippen LogP contribution in [-0.4, -0.2) is 6.04 Å². The molecule has 3 rings (SSSR count). The Labute approximate surface area is 115 Å². The third kappa shape index (κ3) is 2.31. The highest BCUT2D eigenvalue weighted by Gasteiger charge is 2.18. The summed E-state index contributed by atoms with van der Waals surface area (Å²) in [5, 5.41) is 3.57. The van der Waals surface area contributed by atoms with E-state index in [0.717, 1.165) is 6.42 Å². The van der Waals surface area contributed by atoms with Crippen molar-refractivity contribution in [1.82, 2.24) is 5.32 Å². The molecule has 2 aromatic rings. The van der Waals surface area contributed by atoms with Crippen LogP contribution in [0.1, 0.15) is 43.5 Å². The Hall–Kier alpha value is -1.60. The number of benzene rings is 2. The summed E-state index contributed by atoms with van der Waals surface area (Å²) in [5.74, 6) is 0. The lowest BCUT2D eigenvalue weighted by Gasteiger charge is -2.18. The zero-order valence-corrected chi connectivity index (χ0v) is 11.9. The van der Waals surface area contributed by atoms with Gasteiger partial charge in [-0.25, -0.2) is 0 Å². The van der Waals surface area contributed by atoms with E-state index in [2.05, 4.69) is 68.6 Å². The predicted molar refractivity (Wildman–Crippen MR) is 81.4 cm³/mol. The van der Waals surface area contributed by atoms with Gasteiger partial charge in [-0.15, -0.1) is 0 Å². The Balaban J connectivity index is 1.93. The fourth-order valence-corrected chi connectivity index (χ4v) is 3.03. The van der Waals surface area contributed by atoms with Gasteiger partial charge in [0.1, 0.15) is 0 Å². The van der Waals surface area contributed by atoms with E-state index in [1.165, 1.54) is 27.8 Å². The molecule has 1 unspecified atom stereocenters. The fourth-order valence-electron chi connectivity index (χ4n) is 3.03. The van der Waals surface area contributed by atoms with Gasteiger partial charge in [0, 0.05) is 12.1 Å². The van der Waals surface area contributed by atoms with Crippen LogP contribution in [0.5, 0.6) is 0 Å². The molecule has 0 amide bonds. The highest BCUT2D eigenvalue weighted by Crippen LogP contribution is 2.37. The minimum atomic E-state index is 0.411. The number of hydrogen-bond donors (Lipinski definition) is 1. The standard InChI is InChI=1S/C18H21N/c1-12(2)19-13(3)14-8-9-18-16(10-14)11-15-6-4-5-7-17(15)18/h4-10,12-13,19H,11H2,1-3H3. The van der Waals surface area contributed by atoms with E-state index in [9.17, 15) is 0 Å². The van der Waals surface area contributed by atoms with Gasteiger partial charge in [0.2, 0.25) is 0 Å². The van der Waals surface area contributed by atoms with E-state index in [1.807, 2.05) is 0 Å². The summed E-state index contributed by atoms with van der Waals surface area (Å²) >= 11 is 0. The van der Waals surface area contributed by atoms with E-state index in [1.54, 1.807) is 0 Å². The van der Waals surface area contributed by atoms with Crippen LogP contribution in [0.15, 0.2) is 42.5 Å². The highest BCUT2D eigenvalue weighted by atomic mass is 14.9. The molecule has 1 aliphatic carbocycles. The van der Waals surface area contributed by atoms with Crippen LogP contribution in [0.4, 0.5) is 0 Å². The lowest BCUT2D eigenvalue weighted by molar-refractivity contribution is 0.506. The van der Waals surface area contributed by atoms with E-state index >= 15 is 0 Å². The molecule has 1 nitrogen and oxygen atoms in total. The van der Waals surface area contributed by atoms with Gasteiger partial charge in [0.15, 0.2) is 0 Å². The van der Waals surface area contributed by atoms with Crippen LogP contribution < -0.4 is 5.32 Å². The molecule has 0 bridgehead atoms. The van der Waals surface area contributed by atoms with Gasteiger partial charge in [-0.3, -0.25) is 0 Å². The number of rotatable bonds is 3. The van der Waals surface area contributed by atoms with Gasteiger partial charge < -0.3 is 5.32 Å².